The predicted octanol–water partition coefficient (Wildman–Crippen LogP) is 3.21. The first-order valence-corrected chi connectivity index (χ1v) is 10.1. The molecule has 5 nitrogen and oxygen atoms in total. The Balaban J connectivity index is 1.64. The number of ether oxygens (including phenoxy) is 1. The van der Waals surface area contributed by atoms with E-state index < -0.39 is 6.10 Å². The quantitative estimate of drug-likeness (QED) is 0.736. The molecular formula is C23H30N2O3. The van der Waals surface area contributed by atoms with Crippen molar-refractivity contribution >= 4 is 22.8 Å². The molecule has 2 aromatic carbocycles. The van der Waals surface area contributed by atoms with Crippen LogP contribution in [0.5, 0.6) is 5.75 Å². The summed E-state index contributed by atoms with van der Waals surface area (Å²) in [5.74, 6) is 0.842. The average molecular weight is 383 g/mol. The van der Waals surface area contributed by atoms with Gasteiger partial charge in [0.15, 0.2) is 0 Å². The summed E-state index contributed by atoms with van der Waals surface area (Å²) in [4.78, 5) is 13.5. The second-order valence-corrected chi connectivity index (χ2v) is 7.29. The molecule has 0 radical (unpaired) electrons. The molecular weight excluding hydrogens is 352 g/mol. The number of hydrogen-bond donors (Lipinski definition) is 2. The Kier molecular flexibility index (Phi) is 7.46. The second-order valence-electron chi connectivity index (χ2n) is 7.29. The third-order valence-electron chi connectivity index (χ3n) is 4.94. The summed E-state index contributed by atoms with van der Waals surface area (Å²) in [6.07, 6.45) is 6.38. The van der Waals surface area contributed by atoms with E-state index in [-0.39, 0.29) is 12.5 Å². The van der Waals surface area contributed by atoms with Crippen LogP contribution in [-0.4, -0.2) is 54.8 Å². The van der Waals surface area contributed by atoms with Crippen molar-refractivity contribution in [1.29, 1.82) is 0 Å². The summed E-state index contributed by atoms with van der Waals surface area (Å²) in [5, 5.41) is 15.6. The van der Waals surface area contributed by atoms with Crippen LogP contribution in [0.25, 0.3) is 16.8 Å². The van der Waals surface area contributed by atoms with Gasteiger partial charge in [-0.1, -0.05) is 49.8 Å². The van der Waals surface area contributed by atoms with Gasteiger partial charge in [-0.15, -0.1) is 0 Å². The van der Waals surface area contributed by atoms with Gasteiger partial charge in [0.05, 0.1) is 0 Å². The number of aliphatic hydroxyl groups excluding tert-OH is 1. The fourth-order valence-corrected chi connectivity index (χ4v) is 3.45. The van der Waals surface area contributed by atoms with Crippen LogP contribution in [0.4, 0.5) is 0 Å². The first-order valence-electron chi connectivity index (χ1n) is 10.1. The van der Waals surface area contributed by atoms with Crippen LogP contribution < -0.4 is 10.1 Å². The van der Waals surface area contributed by atoms with Crippen LogP contribution in [0.2, 0.25) is 0 Å². The molecule has 0 spiro atoms. The molecule has 1 atom stereocenters. The molecule has 1 saturated heterocycles. The summed E-state index contributed by atoms with van der Waals surface area (Å²) in [6.45, 7) is 4.96. The summed E-state index contributed by atoms with van der Waals surface area (Å²) < 4.78 is 5.92. The van der Waals surface area contributed by atoms with Gasteiger partial charge in [-0.05, 0) is 34.9 Å². The standard InChI is InChI=1S/C23H30N2O3/c1-2-3-4-7-18-14-21(15-19-8-5-6-9-22(18)19)28-17-20(26)16-25-12-10-23(27)24-11-13-25/h4-9,14-15,20,26H,2-3,10-13,16-17H2,1H3,(H,24,27)/b7-4+. The summed E-state index contributed by atoms with van der Waals surface area (Å²) in [7, 11) is 0. The molecule has 0 bridgehead atoms. The van der Waals surface area contributed by atoms with E-state index in [1.165, 1.54) is 5.39 Å². The van der Waals surface area contributed by atoms with Crippen molar-refractivity contribution in [3.8, 4) is 5.75 Å². The maximum atomic E-state index is 11.4. The Morgan fingerprint density at radius 3 is 3.00 bits per heavy atom. The van der Waals surface area contributed by atoms with E-state index in [1.807, 2.05) is 24.3 Å². The topological polar surface area (TPSA) is 61.8 Å². The van der Waals surface area contributed by atoms with Gasteiger partial charge in [0, 0.05) is 32.6 Å². The second kappa shape index (κ2) is 10.2. The van der Waals surface area contributed by atoms with E-state index in [0.29, 0.717) is 26.1 Å². The molecule has 5 heteroatoms. The molecule has 150 valence electrons. The van der Waals surface area contributed by atoms with Crippen LogP contribution in [0.1, 0.15) is 31.7 Å². The molecule has 2 aromatic rings. The van der Waals surface area contributed by atoms with Gasteiger partial charge >= 0.3 is 0 Å². The maximum absolute atomic E-state index is 11.4. The number of carbonyl (C=O) groups is 1. The van der Waals surface area contributed by atoms with Gasteiger partial charge in [-0.25, -0.2) is 0 Å². The highest BCUT2D eigenvalue weighted by molar-refractivity contribution is 5.91. The number of nitrogens with one attached hydrogen (secondary N) is 1. The SMILES string of the molecule is CCC/C=C/c1cc(OCC(O)CN2CCNC(=O)CC2)cc2ccccc12. The molecule has 1 amide bonds. The molecule has 3 rings (SSSR count). The normalized spacial score (nSPS) is 16.9. The number of amides is 1. The third kappa shape index (κ3) is 5.81. The van der Waals surface area contributed by atoms with Crippen molar-refractivity contribution in [1.82, 2.24) is 10.2 Å². The lowest BCUT2D eigenvalue weighted by Gasteiger charge is -2.22. The number of carbonyl (C=O) groups excluding carboxylic acids is 1. The first kappa shape index (κ1) is 20.4. The summed E-state index contributed by atoms with van der Waals surface area (Å²) in [6, 6.07) is 12.3. The highest BCUT2D eigenvalue weighted by Crippen LogP contribution is 2.27. The van der Waals surface area contributed by atoms with Crippen LogP contribution in [-0.2, 0) is 4.79 Å². The molecule has 1 aliphatic rings. The predicted molar refractivity (Wildman–Crippen MR) is 113 cm³/mol. The lowest BCUT2D eigenvalue weighted by atomic mass is 10.0. The number of nitrogens with zero attached hydrogens (tertiary/aromatic N) is 1. The molecule has 0 aromatic heterocycles. The van der Waals surface area contributed by atoms with Crippen molar-refractivity contribution in [3.63, 3.8) is 0 Å². The maximum Gasteiger partial charge on any atom is 0.221 e. The number of unbranched alkanes of at least 4 members (excludes halogenated alkanes) is 1. The minimum Gasteiger partial charge on any atom is -0.491 e. The number of hydrogen-bond acceptors (Lipinski definition) is 4. The van der Waals surface area contributed by atoms with E-state index in [4.69, 9.17) is 4.74 Å². The zero-order chi connectivity index (χ0) is 19.8. The fourth-order valence-electron chi connectivity index (χ4n) is 3.45. The summed E-state index contributed by atoms with van der Waals surface area (Å²) in [5.41, 5.74) is 1.13. The molecule has 2 N–H and O–H groups in total. The lowest BCUT2D eigenvalue weighted by molar-refractivity contribution is -0.120. The van der Waals surface area contributed by atoms with Gasteiger partial charge in [0.2, 0.25) is 5.91 Å². The Hall–Kier alpha value is -2.37. The van der Waals surface area contributed by atoms with Crippen molar-refractivity contribution in [2.45, 2.75) is 32.3 Å². The van der Waals surface area contributed by atoms with Crippen LogP contribution in [0, 0.1) is 0 Å². The monoisotopic (exact) mass is 382 g/mol. The third-order valence-corrected chi connectivity index (χ3v) is 4.94. The zero-order valence-electron chi connectivity index (χ0n) is 16.6. The Morgan fingerprint density at radius 1 is 1.29 bits per heavy atom. The molecule has 0 aliphatic carbocycles. The van der Waals surface area contributed by atoms with Gasteiger partial charge in [0.25, 0.3) is 0 Å². The van der Waals surface area contributed by atoms with Gasteiger partial charge < -0.3 is 15.2 Å². The average Bonchev–Trinajstić information content (AvgIpc) is 2.90. The van der Waals surface area contributed by atoms with Crippen molar-refractivity contribution in [2.75, 3.05) is 32.8 Å². The number of rotatable bonds is 8. The van der Waals surface area contributed by atoms with Gasteiger partial charge in [-0.3, -0.25) is 9.69 Å². The van der Waals surface area contributed by atoms with Crippen LogP contribution in [0.15, 0.2) is 42.5 Å². The highest BCUT2D eigenvalue weighted by atomic mass is 16.5. The molecule has 0 saturated carbocycles. The molecule has 1 unspecified atom stereocenters. The lowest BCUT2D eigenvalue weighted by Crippen LogP contribution is -2.37. The molecule has 1 aliphatic heterocycles. The Labute approximate surface area is 167 Å². The number of β-amino-alcohol motifs (C(OH)–C–C–N with tert-alkyl or cyclic N) is 1. The number of fused-ring (bicyclic) bond motifs is 1. The minimum absolute atomic E-state index is 0.0769. The number of aliphatic hydroxyl groups is 1. The van der Waals surface area contributed by atoms with E-state index in [1.54, 1.807) is 0 Å². The fraction of sp³-hybridized carbons (Fsp3) is 0.435. The smallest absolute Gasteiger partial charge is 0.221 e. The molecule has 1 fully saturated rings. The van der Waals surface area contributed by atoms with E-state index in [2.05, 4.69) is 41.4 Å². The van der Waals surface area contributed by atoms with E-state index >= 15 is 0 Å². The Bertz CT molecular complexity index is 819. The van der Waals surface area contributed by atoms with Gasteiger partial charge in [0.1, 0.15) is 18.5 Å². The van der Waals surface area contributed by atoms with Crippen molar-refractivity contribution in [2.24, 2.45) is 0 Å². The number of allylic oxidation sites excluding steroid dienone is 1. The van der Waals surface area contributed by atoms with Crippen molar-refractivity contribution < 1.29 is 14.6 Å². The highest BCUT2D eigenvalue weighted by Gasteiger charge is 2.17. The van der Waals surface area contributed by atoms with Crippen LogP contribution in [0.3, 0.4) is 0 Å². The number of benzene rings is 2. The minimum atomic E-state index is -0.598. The van der Waals surface area contributed by atoms with Gasteiger partial charge in [-0.2, -0.15) is 0 Å². The zero-order valence-corrected chi connectivity index (χ0v) is 16.6. The van der Waals surface area contributed by atoms with E-state index in [0.717, 1.165) is 36.1 Å². The van der Waals surface area contributed by atoms with Crippen molar-refractivity contribution in [3.05, 3.63) is 48.0 Å². The Morgan fingerprint density at radius 2 is 2.14 bits per heavy atom. The van der Waals surface area contributed by atoms with Crippen LogP contribution >= 0.6 is 0 Å². The summed E-state index contributed by atoms with van der Waals surface area (Å²) >= 11 is 0. The van der Waals surface area contributed by atoms with E-state index in [9.17, 15) is 9.90 Å². The molecule has 1 heterocycles. The largest absolute Gasteiger partial charge is 0.491 e. The molecule has 28 heavy (non-hydrogen) atoms. The first-order chi connectivity index (χ1) is 13.7.